The molecule has 1 saturated heterocycles. The molecule has 0 saturated carbocycles. The average molecular weight is 343 g/mol. The molecule has 1 heterocycles. The predicted octanol–water partition coefficient (Wildman–Crippen LogP) is 3.66. The molecule has 1 aliphatic rings. The molecule has 0 aromatic heterocycles. The standard InChI is InChI=1S/C18H34N2O2S/c1-13(2)8-7-9-14(3)19-17(22)15-11-23-12-20(15)16(21)10-18(4,5)6/h13-15H,7-12H2,1-6H3,(H,19,22). The van der Waals surface area contributed by atoms with E-state index in [2.05, 4.69) is 46.9 Å². The van der Waals surface area contributed by atoms with Gasteiger partial charge in [-0.1, -0.05) is 47.5 Å². The zero-order valence-electron chi connectivity index (χ0n) is 15.6. The molecule has 1 aliphatic heterocycles. The molecule has 0 bridgehead atoms. The first-order valence-electron chi connectivity index (χ1n) is 8.77. The van der Waals surface area contributed by atoms with Gasteiger partial charge < -0.3 is 10.2 Å². The van der Waals surface area contributed by atoms with E-state index in [0.29, 0.717) is 24.0 Å². The first-order valence-corrected chi connectivity index (χ1v) is 9.93. The number of thioether (sulfide) groups is 1. The van der Waals surface area contributed by atoms with Crippen LogP contribution in [0.5, 0.6) is 0 Å². The van der Waals surface area contributed by atoms with Crippen molar-refractivity contribution in [3.63, 3.8) is 0 Å². The molecule has 0 spiro atoms. The van der Waals surface area contributed by atoms with Gasteiger partial charge in [-0.15, -0.1) is 11.8 Å². The van der Waals surface area contributed by atoms with Crippen molar-refractivity contribution in [1.82, 2.24) is 10.2 Å². The highest BCUT2D eigenvalue weighted by atomic mass is 32.2. The quantitative estimate of drug-likeness (QED) is 0.768. The Hall–Kier alpha value is -0.710. The summed E-state index contributed by atoms with van der Waals surface area (Å²) < 4.78 is 0. The lowest BCUT2D eigenvalue weighted by atomic mass is 9.91. The topological polar surface area (TPSA) is 49.4 Å². The highest BCUT2D eigenvalue weighted by Gasteiger charge is 2.36. The van der Waals surface area contributed by atoms with Crippen LogP contribution in [0.15, 0.2) is 0 Å². The van der Waals surface area contributed by atoms with E-state index in [4.69, 9.17) is 0 Å². The first kappa shape index (κ1) is 20.3. The molecule has 0 aromatic carbocycles. The monoisotopic (exact) mass is 342 g/mol. The zero-order valence-corrected chi connectivity index (χ0v) is 16.5. The van der Waals surface area contributed by atoms with Gasteiger partial charge in [-0.25, -0.2) is 0 Å². The molecule has 0 aromatic rings. The Morgan fingerprint density at radius 3 is 2.43 bits per heavy atom. The van der Waals surface area contributed by atoms with E-state index in [1.807, 2.05) is 0 Å². The summed E-state index contributed by atoms with van der Waals surface area (Å²) in [5, 5.41) is 3.10. The molecule has 1 N–H and O–H groups in total. The van der Waals surface area contributed by atoms with Crippen LogP contribution in [0.2, 0.25) is 0 Å². The van der Waals surface area contributed by atoms with Crippen molar-refractivity contribution < 1.29 is 9.59 Å². The molecule has 2 atom stereocenters. The summed E-state index contributed by atoms with van der Waals surface area (Å²) in [6.07, 6.45) is 3.81. The van der Waals surface area contributed by atoms with Gasteiger partial charge in [0, 0.05) is 18.2 Å². The summed E-state index contributed by atoms with van der Waals surface area (Å²) in [5.74, 6) is 2.15. The van der Waals surface area contributed by atoms with Crippen molar-refractivity contribution in [1.29, 1.82) is 0 Å². The van der Waals surface area contributed by atoms with Gasteiger partial charge in [0.25, 0.3) is 0 Å². The summed E-state index contributed by atoms with van der Waals surface area (Å²) in [6, 6.07) is -0.131. The summed E-state index contributed by atoms with van der Waals surface area (Å²) in [6.45, 7) is 12.7. The van der Waals surface area contributed by atoms with Crippen LogP contribution in [-0.4, -0.2) is 40.4 Å². The third-order valence-electron chi connectivity index (χ3n) is 3.99. The fourth-order valence-electron chi connectivity index (χ4n) is 2.70. The van der Waals surface area contributed by atoms with Crippen molar-refractivity contribution in [2.45, 2.75) is 79.3 Å². The Morgan fingerprint density at radius 2 is 1.87 bits per heavy atom. The van der Waals surface area contributed by atoms with Crippen LogP contribution in [0.4, 0.5) is 0 Å². The number of nitrogens with one attached hydrogen (secondary N) is 1. The van der Waals surface area contributed by atoms with Crippen molar-refractivity contribution in [3.8, 4) is 0 Å². The maximum Gasteiger partial charge on any atom is 0.243 e. The van der Waals surface area contributed by atoms with Gasteiger partial charge in [0.05, 0.1) is 5.88 Å². The molecular weight excluding hydrogens is 308 g/mol. The lowest BCUT2D eigenvalue weighted by Gasteiger charge is -2.27. The molecule has 0 aliphatic carbocycles. The van der Waals surface area contributed by atoms with Crippen molar-refractivity contribution in [3.05, 3.63) is 0 Å². The SMILES string of the molecule is CC(C)CCCC(C)NC(=O)C1CSCN1C(=O)CC(C)(C)C. The van der Waals surface area contributed by atoms with E-state index < -0.39 is 0 Å². The Morgan fingerprint density at radius 1 is 1.22 bits per heavy atom. The summed E-state index contributed by atoms with van der Waals surface area (Å²) in [4.78, 5) is 26.7. The second-order valence-electron chi connectivity index (χ2n) is 8.35. The normalized spacial score (nSPS) is 20.0. The number of hydrogen-bond donors (Lipinski definition) is 1. The third-order valence-corrected chi connectivity index (χ3v) is 5.01. The third kappa shape index (κ3) is 7.60. The molecule has 0 radical (unpaired) electrons. The van der Waals surface area contributed by atoms with Gasteiger partial charge in [0.15, 0.2) is 0 Å². The number of hydrogen-bond acceptors (Lipinski definition) is 3. The van der Waals surface area contributed by atoms with Gasteiger partial charge in [-0.3, -0.25) is 9.59 Å². The lowest BCUT2D eigenvalue weighted by Crippen LogP contribution is -2.49. The van der Waals surface area contributed by atoms with Crippen LogP contribution in [0, 0.1) is 11.3 Å². The van der Waals surface area contributed by atoms with Crippen LogP contribution in [0.3, 0.4) is 0 Å². The minimum absolute atomic E-state index is 0.00862. The zero-order chi connectivity index (χ0) is 17.6. The molecule has 5 heteroatoms. The number of nitrogens with zero attached hydrogens (tertiary/aromatic N) is 1. The van der Waals surface area contributed by atoms with Gasteiger partial charge in [0.1, 0.15) is 6.04 Å². The van der Waals surface area contributed by atoms with Crippen LogP contribution in [0.1, 0.15) is 67.2 Å². The fraction of sp³-hybridized carbons (Fsp3) is 0.889. The second-order valence-corrected chi connectivity index (χ2v) is 9.35. The molecule has 23 heavy (non-hydrogen) atoms. The number of amides is 2. The van der Waals surface area contributed by atoms with E-state index >= 15 is 0 Å². The van der Waals surface area contributed by atoms with Crippen LogP contribution in [-0.2, 0) is 9.59 Å². The smallest absolute Gasteiger partial charge is 0.243 e. The van der Waals surface area contributed by atoms with E-state index in [1.165, 1.54) is 6.42 Å². The average Bonchev–Trinajstić information content (AvgIpc) is 2.85. The number of carbonyl (C=O) groups is 2. The fourth-order valence-corrected chi connectivity index (χ4v) is 3.89. The molecule has 1 fully saturated rings. The molecular formula is C18H34N2O2S. The summed E-state index contributed by atoms with van der Waals surface area (Å²) in [7, 11) is 0. The molecule has 1 rings (SSSR count). The summed E-state index contributed by atoms with van der Waals surface area (Å²) >= 11 is 1.67. The van der Waals surface area contributed by atoms with Gasteiger partial charge in [-0.2, -0.15) is 0 Å². The Labute approximate surface area is 146 Å². The Balaban J connectivity index is 2.49. The maximum absolute atomic E-state index is 12.5. The molecule has 2 amide bonds. The van der Waals surface area contributed by atoms with E-state index in [0.717, 1.165) is 12.8 Å². The van der Waals surface area contributed by atoms with Gasteiger partial charge in [0.2, 0.25) is 11.8 Å². The highest BCUT2D eigenvalue weighted by molar-refractivity contribution is 7.99. The van der Waals surface area contributed by atoms with Crippen molar-refractivity contribution >= 4 is 23.6 Å². The Kier molecular flexibility index (Phi) is 7.91. The molecule has 4 nitrogen and oxygen atoms in total. The number of carbonyl (C=O) groups excluding carboxylic acids is 2. The van der Waals surface area contributed by atoms with Gasteiger partial charge >= 0.3 is 0 Å². The molecule has 134 valence electrons. The van der Waals surface area contributed by atoms with Crippen LogP contribution < -0.4 is 5.32 Å². The van der Waals surface area contributed by atoms with E-state index in [9.17, 15) is 9.59 Å². The van der Waals surface area contributed by atoms with E-state index in [1.54, 1.807) is 16.7 Å². The highest BCUT2D eigenvalue weighted by Crippen LogP contribution is 2.26. The van der Waals surface area contributed by atoms with E-state index in [-0.39, 0.29) is 29.3 Å². The second kappa shape index (κ2) is 8.95. The number of rotatable bonds is 7. The minimum atomic E-state index is -0.303. The van der Waals surface area contributed by atoms with Crippen molar-refractivity contribution in [2.75, 3.05) is 11.6 Å². The minimum Gasteiger partial charge on any atom is -0.352 e. The predicted molar refractivity (Wildman–Crippen MR) is 98.3 cm³/mol. The van der Waals surface area contributed by atoms with Gasteiger partial charge in [-0.05, 0) is 24.7 Å². The van der Waals surface area contributed by atoms with Crippen LogP contribution in [0.25, 0.3) is 0 Å². The Bertz CT molecular complexity index is 404. The summed E-state index contributed by atoms with van der Waals surface area (Å²) in [5.41, 5.74) is -0.0461. The maximum atomic E-state index is 12.5. The first-order chi connectivity index (χ1) is 10.6. The van der Waals surface area contributed by atoms with Crippen molar-refractivity contribution in [2.24, 2.45) is 11.3 Å². The largest absolute Gasteiger partial charge is 0.352 e. The molecule has 2 unspecified atom stereocenters. The lowest BCUT2D eigenvalue weighted by molar-refractivity contribution is -0.139. The van der Waals surface area contributed by atoms with Crippen LogP contribution >= 0.6 is 11.8 Å².